The summed E-state index contributed by atoms with van der Waals surface area (Å²) in [5.74, 6) is 0.847. The number of hydrogen-bond acceptors (Lipinski definition) is 2. The van der Waals surface area contributed by atoms with Crippen LogP contribution in [-0.4, -0.2) is 12.1 Å². The van der Waals surface area contributed by atoms with Crippen molar-refractivity contribution in [2.24, 2.45) is 0 Å². The quantitative estimate of drug-likeness (QED) is 0.671. The highest BCUT2D eigenvalue weighted by molar-refractivity contribution is 8.93. The zero-order chi connectivity index (χ0) is 5.82. The Morgan fingerprint density at radius 1 is 1.33 bits per heavy atom. The summed E-state index contributed by atoms with van der Waals surface area (Å²) in [5, 5.41) is 0. The average molecular weight is 190 g/mol. The van der Waals surface area contributed by atoms with Gasteiger partial charge in [0.2, 0.25) is 0 Å². The average Bonchev–Trinajstić information content (AvgIpc) is 1.90. The predicted molar refractivity (Wildman–Crippen MR) is 41.1 cm³/mol. The molecule has 0 amide bonds. The normalized spacial score (nSPS) is 7.67. The molecule has 0 saturated carbocycles. The van der Waals surface area contributed by atoms with Crippen LogP contribution in [0.2, 0.25) is 0 Å². The van der Waals surface area contributed by atoms with Crippen LogP contribution >= 0.6 is 17.0 Å². The van der Waals surface area contributed by atoms with E-state index in [1.165, 1.54) is 0 Å². The van der Waals surface area contributed by atoms with Crippen molar-refractivity contribution in [2.75, 3.05) is 7.11 Å². The van der Waals surface area contributed by atoms with Crippen LogP contribution in [0, 0.1) is 0 Å². The van der Waals surface area contributed by atoms with Crippen molar-refractivity contribution in [1.29, 1.82) is 0 Å². The first-order valence-corrected chi connectivity index (χ1v) is 2.37. The van der Waals surface area contributed by atoms with Gasteiger partial charge in [0.1, 0.15) is 5.75 Å². The molecule has 0 bridgehead atoms. The molecule has 0 aliphatic rings. The van der Waals surface area contributed by atoms with E-state index >= 15 is 0 Å². The molecule has 0 aromatic carbocycles. The molecule has 3 heteroatoms. The lowest BCUT2D eigenvalue weighted by Gasteiger charge is -1.93. The van der Waals surface area contributed by atoms with Gasteiger partial charge in [-0.05, 0) is 12.1 Å². The molecule has 0 unspecified atom stereocenters. The van der Waals surface area contributed by atoms with Gasteiger partial charge in [0.25, 0.3) is 0 Å². The van der Waals surface area contributed by atoms with Gasteiger partial charge in [-0.3, -0.25) is 4.98 Å². The Morgan fingerprint density at radius 3 is 2.22 bits per heavy atom. The van der Waals surface area contributed by atoms with Crippen LogP contribution < -0.4 is 4.74 Å². The van der Waals surface area contributed by atoms with Crippen molar-refractivity contribution in [1.82, 2.24) is 4.98 Å². The van der Waals surface area contributed by atoms with Gasteiger partial charge in [-0.25, -0.2) is 0 Å². The number of ether oxygens (including phenoxy) is 1. The minimum atomic E-state index is 0. The molecular weight excluding hydrogens is 182 g/mol. The number of pyridine rings is 1. The number of rotatable bonds is 1. The van der Waals surface area contributed by atoms with Gasteiger partial charge in [-0.1, -0.05) is 0 Å². The molecule has 0 aliphatic heterocycles. The summed E-state index contributed by atoms with van der Waals surface area (Å²) in [4.78, 5) is 3.81. The van der Waals surface area contributed by atoms with Crippen molar-refractivity contribution in [3.05, 3.63) is 24.5 Å². The Labute approximate surface area is 64.6 Å². The summed E-state index contributed by atoms with van der Waals surface area (Å²) in [7, 11) is 1.63. The number of hydrogen-bond donors (Lipinski definition) is 0. The second-order valence-electron chi connectivity index (χ2n) is 1.39. The molecule has 0 N–H and O–H groups in total. The smallest absolute Gasteiger partial charge is 0.121 e. The second-order valence-corrected chi connectivity index (χ2v) is 1.39. The van der Waals surface area contributed by atoms with Gasteiger partial charge in [0.05, 0.1) is 7.11 Å². The van der Waals surface area contributed by atoms with Crippen LogP contribution in [-0.2, 0) is 0 Å². The Kier molecular flexibility index (Phi) is 4.05. The molecule has 9 heavy (non-hydrogen) atoms. The maximum atomic E-state index is 4.87. The van der Waals surface area contributed by atoms with Crippen LogP contribution in [0.1, 0.15) is 0 Å². The lowest BCUT2D eigenvalue weighted by Crippen LogP contribution is -1.80. The third-order valence-electron chi connectivity index (χ3n) is 0.885. The number of aromatic nitrogens is 1. The first-order valence-electron chi connectivity index (χ1n) is 2.37. The third kappa shape index (κ3) is 2.46. The molecule has 1 rings (SSSR count). The summed E-state index contributed by atoms with van der Waals surface area (Å²) < 4.78 is 4.87. The Hall–Kier alpha value is -0.570. The second kappa shape index (κ2) is 4.32. The van der Waals surface area contributed by atoms with Crippen LogP contribution in [0.5, 0.6) is 5.75 Å². The molecule has 1 aromatic heterocycles. The highest BCUT2D eigenvalue weighted by atomic mass is 79.9. The van der Waals surface area contributed by atoms with Crippen molar-refractivity contribution in [3.8, 4) is 5.75 Å². The highest BCUT2D eigenvalue weighted by Gasteiger charge is 1.81. The van der Waals surface area contributed by atoms with E-state index in [1.807, 2.05) is 0 Å². The summed E-state index contributed by atoms with van der Waals surface area (Å²) >= 11 is 0. The molecule has 0 saturated heterocycles. The highest BCUT2D eigenvalue weighted by Crippen LogP contribution is 2.03. The molecule has 1 heterocycles. The molecule has 0 radical (unpaired) electrons. The minimum absolute atomic E-state index is 0. The van der Waals surface area contributed by atoms with E-state index in [9.17, 15) is 0 Å². The molecule has 2 nitrogen and oxygen atoms in total. The molecular formula is C6H8BrNO. The fraction of sp³-hybridized carbons (Fsp3) is 0.167. The summed E-state index contributed by atoms with van der Waals surface area (Å²) in [6.07, 6.45) is 3.39. The van der Waals surface area contributed by atoms with E-state index in [1.54, 1.807) is 31.6 Å². The van der Waals surface area contributed by atoms with Crippen LogP contribution in [0.4, 0.5) is 0 Å². The van der Waals surface area contributed by atoms with Crippen LogP contribution in [0.15, 0.2) is 24.5 Å². The molecule has 50 valence electrons. The van der Waals surface area contributed by atoms with E-state index in [-0.39, 0.29) is 17.0 Å². The number of methoxy groups -OCH3 is 1. The first-order chi connectivity index (χ1) is 3.93. The van der Waals surface area contributed by atoms with Crippen molar-refractivity contribution in [3.63, 3.8) is 0 Å². The van der Waals surface area contributed by atoms with Crippen molar-refractivity contribution < 1.29 is 4.74 Å². The Morgan fingerprint density at radius 2 is 1.89 bits per heavy atom. The zero-order valence-electron chi connectivity index (χ0n) is 5.07. The van der Waals surface area contributed by atoms with E-state index < -0.39 is 0 Å². The standard InChI is InChI=1S/C6H7NO.BrH/c1-8-6-2-4-7-5-3-6;/h2-5H,1H3;1H. The van der Waals surface area contributed by atoms with Crippen LogP contribution in [0.3, 0.4) is 0 Å². The van der Waals surface area contributed by atoms with Gasteiger partial charge >= 0.3 is 0 Å². The molecule has 0 fully saturated rings. The van der Waals surface area contributed by atoms with E-state index in [0.29, 0.717) is 0 Å². The lowest BCUT2D eigenvalue weighted by molar-refractivity contribution is 0.414. The summed E-state index contributed by atoms with van der Waals surface area (Å²) in [6.45, 7) is 0. The maximum absolute atomic E-state index is 4.87. The third-order valence-corrected chi connectivity index (χ3v) is 0.885. The molecule has 1 aromatic rings. The largest absolute Gasteiger partial charge is 0.497 e. The van der Waals surface area contributed by atoms with Crippen molar-refractivity contribution in [2.45, 2.75) is 0 Å². The maximum Gasteiger partial charge on any atom is 0.121 e. The van der Waals surface area contributed by atoms with E-state index in [4.69, 9.17) is 4.74 Å². The number of halogens is 1. The van der Waals surface area contributed by atoms with Gasteiger partial charge in [-0.15, -0.1) is 17.0 Å². The minimum Gasteiger partial charge on any atom is -0.497 e. The predicted octanol–water partition coefficient (Wildman–Crippen LogP) is 1.67. The molecule has 0 spiro atoms. The summed E-state index contributed by atoms with van der Waals surface area (Å²) in [6, 6.07) is 3.61. The summed E-state index contributed by atoms with van der Waals surface area (Å²) in [5.41, 5.74) is 0. The lowest BCUT2D eigenvalue weighted by atomic mass is 10.5. The van der Waals surface area contributed by atoms with E-state index in [0.717, 1.165) is 5.75 Å². The fourth-order valence-electron chi connectivity index (χ4n) is 0.474. The fourth-order valence-corrected chi connectivity index (χ4v) is 0.474. The molecule has 0 atom stereocenters. The van der Waals surface area contributed by atoms with Crippen molar-refractivity contribution >= 4 is 17.0 Å². The van der Waals surface area contributed by atoms with Crippen LogP contribution in [0.25, 0.3) is 0 Å². The molecule has 0 aliphatic carbocycles. The monoisotopic (exact) mass is 189 g/mol. The van der Waals surface area contributed by atoms with Gasteiger partial charge < -0.3 is 4.74 Å². The first kappa shape index (κ1) is 8.43. The van der Waals surface area contributed by atoms with E-state index in [2.05, 4.69) is 4.98 Å². The Balaban J connectivity index is 0.000000640. The van der Waals surface area contributed by atoms with Gasteiger partial charge in [-0.2, -0.15) is 0 Å². The van der Waals surface area contributed by atoms with Gasteiger partial charge in [0.15, 0.2) is 0 Å². The topological polar surface area (TPSA) is 22.1 Å². The number of nitrogens with zero attached hydrogens (tertiary/aromatic N) is 1. The Bertz CT molecular complexity index is 154. The zero-order valence-corrected chi connectivity index (χ0v) is 6.79. The van der Waals surface area contributed by atoms with Gasteiger partial charge in [0, 0.05) is 12.4 Å². The SMILES string of the molecule is Br.COc1ccncc1.